The zero-order valence-corrected chi connectivity index (χ0v) is 18.4. The summed E-state index contributed by atoms with van der Waals surface area (Å²) in [6.07, 6.45) is 1.90. The van der Waals surface area contributed by atoms with Gasteiger partial charge >= 0.3 is 0 Å². The van der Waals surface area contributed by atoms with E-state index < -0.39 is 0 Å². The van der Waals surface area contributed by atoms with Gasteiger partial charge in [-0.1, -0.05) is 66.7 Å². The van der Waals surface area contributed by atoms with Crippen molar-refractivity contribution in [2.45, 2.75) is 19.9 Å². The van der Waals surface area contributed by atoms with Crippen molar-refractivity contribution in [3.8, 4) is 5.75 Å². The quantitative estimate of drug-likeness (QED) is 0.424. The van der Waals surface area contributed by atoms with Crippen molar-refractivity contribution in [3.05, 3.63) is 101 Å². The number of hydrogen-bond donors (Lipinski definition) is 0. The fraction of sp³-hybridized carbons (Fsp3) is 0.154. The Kier molecular flexibility index (Phi) is 6.53. The van der Waals surface area contributed by atoms with Crippen LogP contribution in [0.3, 0.4) is 0 Å². The van der Waals surface area contributed by atoms with E-state index in [1.54, 1.807) is 4.90 Å². The van der Waals surface area contributed by atoms with E-state index in [2.05, 4.69) is 0 Å². The monoisotopic (exact) mass is 428 g/mol. The molecule has 0 saturated carbocycles. The van der Waals surface area contributed by atoms with Crippen LogP contribution in [0.1, 0.15) is 31.0 Å². The van der Waals surface area contributed by atoms with Crippen LogP contribution in [0.25, 0.3) is 6.08 Å². The van der Waals surface area contributed by atoms with Gasteiger partial charge < -0.3 is 4.74 Å². The predicted molar refractivity (Wildman–Crippen MR) is 128 cm³/mol. The van der Waals surface area contributed by atoms with Crippen LogP contribution < -0.4 is 4.74 Å². The van der Waals surface area contributed by atoms with Crippen LogP contribution in [-0.2, 0) is 4.79 Å². The van der Waals surface area contributed by atoms with Gasteiger partial charge in [-0.3, -0.25) is 9.69 Å². The first-order chi connectivity index (χ1) is 15.2. The second kappa shape index (κ2) is 9.67. The standard InChI is InChI=1S/C26H24N2O2S/c1-3-30-23-17-11-10-14-21(23)18-24-25(29)28(19(2)20-12-6-4-7-13-20)26(31-24)27-22-15-8-5-9-16-22/h4-19H,3H2,1-2H3/b24-18+,27-26?/t19-/m0/s1. The molecule has 1 amide bonds. The van der Waals surface area contributed by atoms with Crippen LogP contribution >= 0.6 is 11.8 Å². The van der Waals surface area contributed by atoms with Crippen molar-refractivity contribution in [1.82, 2.24) is 4.90 Å². The van der Waals surface area contributed by atoms with Gasteiger partial charge in [0.05, 0.1) is 23.2 Å². The van der Waals surface area contributed by atoms with Gasteiger partial charge in [0, 0.05) is 5.56 Å². The number of nitrogens with zero attached hydrogens (tertiary/aromatic N) is 2. The molecular weight excluding hydrogens is 404 g/mol. The molecule has 1 aliphatic heterocycles. The van der Waals surface area contributed by atoms with Crippen LogP contribution in [0, 0.1) is 0 Å². The molecule has 4 rings (SSSR count). The van der Waals surface area contributed by atoms with Crippen LogP contribution in [-0.4, -0.2) is 22.6 Å². The molecule has 3 aromatic carbocycles. The van der Waals surface area contributed by atoms with Gasteiger partial charge in [0.2, 0.25) is 0 Å². The van der Waals surface area contributed by atoms with Gasteiger partial charge in [0.25, 0.3) is 5.91 Å². The second-order valence-electron chi connectivity index (χ2n) is 7.07. The Balaban J connectivity index is 1.75. The van der Waals surface area contributed by atoms with Crippen LogP contribution in [0.2, 0.25) is 0 Å². The van der Waals surface area contributed by atoms with Crippen molar-refractivity contribution >= 4 is 34.6 Å². The molecule has 31 heavy (non-hydrogen) atoms. The third-order valence-corrected chi connectivity index (χ3v) is 5.98. The van der Waals surface area contributed by atoms with Gasteiger partial charge in [0.1, 0.15) is 5.75 Å². The van der Waals surface area contributed by atoms with Gasteiger partial charge in [-0.15, -0.1) is 0 Å². The minimum atomic E-state index is -0.142. The number of hydrogen-bond acceptors (Lipinski definition) is 4. The smallest absolute Gasteiger partial charge is 0.267 e. The van der Waals surface area contributed by atoms with Crippen LogP contribution in [0.5, 0.6) is 5.75 Å². The lowest BCUT2D eigenvalue weighted by molar-refractivity contribution is -0.123. The summed E-state index contributed by atoms with van der Waals surface area (Å²) < 4.78 is 5.74. The highest BCUT2D eigenvalue weighted by Gasteiger charge is 2.37. The fourth-order valence-corrected chi connectivity index (χ4v) is 4.49. The van der Waals surface area contributed by atoms with E-state index in [1.807, 2.05) is 105 Å². The summed E-state index contributed by atoms with van der Waals surface area (Å²) in [5.74, 6) is 0.712. The van der Waals surface area contributed by atoms with Crippen molar-refractivity contribution in [2.75, 3.05) is 6.61 Å². The number of amides is 1. The number of carbonyl (C=O) groups is 1. The molecule has 5 heteroatoms. The highest BCUT2D eigenvalue weighted by Crippen LogP contribution is 2.39. The van der Waals surface area contributed by atoms with E-state index in [-0.39, 0.29) is 11.9 Å². The molecular formula is C26H24N2O2S. The largest absolute Gasteiger partial charge is 0.493 e. The molecule has 156 valence electrons. The van der Waals surface area contributed by atoms with Gasteiger partial charge in [-0.05, 0) is 55.4 Å². The zero-order chi connectivity index (χ0) is 21.6. The number of para-hydroxylation sites is 2. The van der Waals surface area contributed by atoms with E-state index in [0.717, 1.165) is 22.6 Å². The number of aliphatic imine (C=N–C) groups is 1. The Morgan fingerprint density at radius 1 is 0.968 bits per heavy atom. The van der Waals surface area contributed by atoms with E-state index in [9.17, 15) is 4.79 Å². The molecule has 1 heterocycles. The minimum absolute atomic E-state index is 0.0534. The number of ether oxygens (including phenoxy) is 1. The lowest BCUT2D eigenvalue weighted by Gasteiger charge is -2.24. The average Bonchev–Trinajstić information content (AvgIpc) is 3.10. The maximum Gasteiger partial charge on any atom is 0.267 e. The molecule has 0 aromatic heterocycles. The van der Waals surface area contributed by atoms with E-state index >= 15 is 0 Å². The first-order valence-corrected chi connectivity index (χ1v) is 11.1. The molecule has 0 N–H and O–H groups in total. The Bertz CT molecular complexity index is 1110. The summed E-state index contributed by atoms with van der Waals surface area (Å²) in [5, 5.41) is 0.674. The van der Waals surface area contributed by atoms with E-state index in [1.165, 1.54) is 11.8 Å². The SMILES string of the molecule is CCOc1ccccc1/C=C1/SC(=Nc2ccccc2)N([C@@H](C)c2ccccc2)C1=O. The number of rotatable bonds is 6. The number of benzene rings is 3. The van der Waals surface area contributed by atoms with E-state index in [4.69, 9.17) is 9.73 Å². The molecule has 0 aliphatic carbocycles. The molecule has 0 unspecified atom stereocenters. The van der Waals surface area contributed by atoms with Crippen LogP contribution in [0.15, 0.2) is 94.8 Å². The maximum atomic E-state index is 13.5. The Morgan fingerprint density at radius 2 is 1.61 bits per heavy atom. The third-order valence-electron chi connectivity index (χ3n) is 4.99. The Morgan fingerprint density at radius 3 is 2.32 bits per heavy atom. The topological polar surface area (TPSA) is 41.9 Å². The molecule has 1 fully saturated rings. The lowest BCUT2D eigenvalue weighted by atomic mass is 10.1. The zero-order valence-electron chi connectivity index (χ0n) is 17.6. The summed E-state index contributed by atoms with van der Waals surface area (Å²) in [5.41, 5.74) is 2.76. The van der Waals surface area contributed by atoms with Crippen molar-refractivity contribution in [3.63, 3.8) is 0 Å². The normalized spacial score (nSPS) is 17.4. The molecule has 4 nitrogen and oxygen atoms in total. The molecule has 1 saturated heterocycles. The van der Waals surface area contributed by atoms with Gasteiger partial charge in [-0.2, -0.15) is 0 Å². The third kappa shape index (κ3) is 4.72. The van der Waals surface area contributed by atoms with Gasteiger partial charge in [0.15, 0.2) is 5.17 Å². The summed E-state index contributed by atoms with van der Waals surface area (Å²) in [6.45, 7) is 4.55. The average molecular weight is 429 g/mol. The second-order valence-corrected chi connectivity index (χ2v) is 8.08. The number of thioether (sulfide) groups is 1. The van der Waals surface area contributed by atoms with E-state index in [0.29, 0.717) is 16.7 Å². The Hall–Kier alpha value is -3.31. The highest BCUT2D eigenvalue weighted by atomic mass is 32.2. The first kappa shape index (κ1) is 20.9. The lowest BCUT2D eigenvalue weighted by Crippen LogP contribution is -2.32. The summed E-state index contributed by atoms with van der Waals surface area (Å²) in [4.78, 5) is 20.7. The van der Waals surface area contributed by atoms with Crippen molar-refractivity contribution in [2.24, 2.45) is 4.99 Å². The molecule has 1 aliphatic rings. The van der Waals surface area contributed by atoms with Gasteiger partial charge in [-0.25, -0.2) is 4.99 Å². The fourth-order valence-electron chi connectivity index (χ4n) is 3.43. The summed E-state index contributed by atoms with van der Waals surface area (Å²) in [6, 6.07) is 27.4. The highest BCUT2D eigenvalue weighted by molar-refractivity contribution is 8.18. The van der Waals surface area contributed by atoms with Crippen LogP contribution in [0.4, 0.5) is 5.69 Å². The molecule has 1 atom stereocenters. The predicted octanol–water partition coefficient (Wildman–Crippen LogP) is 6.45. The molecule has 0 bridgehead atoms. The molecule has 0 radical (unpaired) electrons. The molecule has 3 aromatic rings. The summed E-state index contributed by atoms with van der Waals surface area (Å²) in [7, 11) is 0. The van der Waals surface area contributed by atoms with Crippen molar-refractivity contribution < 1.29 is 9.53 Å². The molecule has 0 spiro atoms. The first-order valence-electron chi connectivity index (χ1n) is 10.3. The Labute approximate surface area is 187 Å². The van der Waals surface area contributed by atoms with Crippen molar-refractivity contribution in [1.29, 1.82) is 0 Å². The number of carbonyl (C=O) groups excluding carboxylic acids is 1. The summed E-state index contributed by atoms with van der Waals surface area (Å²) >= 11 is 1.40. The number of amidine groups is 1. The maximum absolute atomic E-state index is 13.5. The minimum Gasteiger partial charge on any atom is -0.493 e.